The van der Waals surface area contributed by atoms with Gasteiger partial charge in [0, 0.05) is 0 Å². The van der Waals surface area contributed by atoms with Gasteiger partial charge in [-0.05, 0) is 29.9 Å². The summed E-state index contributed by atoms with van der Waals surface area (Å²) in [5.74, 6) is 0. The molecule has 0 spiro atoms. The number of tetrazole rings is 1. The van der Waals surface area contributed by atoms with E-state index in [9.17, 15) is 0 Å². The van der Waals surface area contributed by atoms with Gasteiger partial charge in [-0.2, -0.15) is 5.21 Å². The third-order valence-corrected chi connectivity index (χ3v) is 2.90. The van der Waals surface area contributed by atoms with Gasteiger partial charge >= 0.3 is 0 Å². The van der Waals surface area contributed by atoms with Gasteiger partial charge in [-0.25, -0.2) is 4.68 Å². The Morgan fingerprint density at radius 3 is 2.73 bits per heavy atom. The highest BCUT2D eigenvalue weighted by Gasteiger charge is 2.01. The lowest BCUT2D eigenvalue weighted by molar-refractivity contribution is 0.642. The van der Waals surface area contributed by atoms with E-state index in [1.54, 1.807) is 16.8 Å². The van der Waals surface area contributed by atoms with Crippen LogP contribution in [0, 0.1) is 4.77 Å². The van der Waals surface area contributed by atoms with Crippen LogP contribution in [-0.2, 0) is 6.54 Å². The first-order chi connectivity index (χ1) is 7.16. The first-order valence-corrected chi connectivity index (χ1v) is 5.25. The topological polar surface area (TPSA) is 46.5 Å². The normalized spacial score (nSPS) is 10.5. The minimum atomic E-state index is 0.404. The Hall–Kier alpha value is -0.910. The van der Waals surface area contributed by atoms with Crippen molar-refractivity contribution >= 4 is 35.4 Å². The van der Waals surface area contributed by atoms with Crippen molar-refractivity contribution in [1.82, 2.24) is 20.2 Å². The summed E-state index contributed by atoms with van der Waals surface area (Å²) in [4.78, 5) is 0. The second kappa shape index (κ2) is 4.30. The lowest BCUT2D eigenvalue weighted by Crippen LogP contribution is -2.01. The molecule has 0 bridgehead atoms. The predicted octanol–water partition coefficient (Wildman–Crippen LogP) is 2.69. The van der Waals surface area contributed by atoms with E-state index in [-0.39, 0.29) is 0 Å². The molecule has 1 aromatic heterocycles. The van der Waals surface area contributed by atoms with Crippen LogP contribution < -0.4 is 0 Å². The number of benzene rings is 1. The van der Waals surface area contributed by atoms with Crippen LogP contribution in [0.25, 0.3) is 0 Å². The van der Waals surface area contributed by atoms with Gasteiger partial charge in [0.2, 0.25) is 4.77 Å². The zero-order chi connectivity index (χ0) is 10.8. The molecule has 0 saturated heterocycles. The van der Waals surface area contributed by atoms with E-state index in [4.69, 9.17) is 35.4 Å². The van der Waals surface area contributed by atoms with Gasteiger partial charge in [0.25, 0.3) is 0 Å². The summed E-state index contributed by atoms with van der Waals surface area (Å²) in [6.45, 7) is 0.544. The SMILES string of the molecule is S=c1nn[nH]n1Cc1ccc(Cl)c(Cl)c1. The summed E-state index contributed by atoms with van der Waals surface area (Å²) >= 11 is 16.6. The highest BCUT2D eigenvalue weighted by Crippen LogP contribution is 2.22. The summed E-state index contributed by atoms with van der Waals surface area (Å²) in [6, 6.07) is 5.40. The van der Waals surface area contributed by atoms with Crippen LogP contribution in [0.15, 0.2) is 18.2 Å². The number of aromatic nitrogens is 4. The Kier molecular flexibility index (Phi) is 3.04. The number of nitrogens with one attached hydrogen (secondary N) is 1. The molecule has 0 radical (unpaired) electrons. The fourth-order valence-electron chi connectivity index (χ4n) is 1.14. The van der Waals surface area contributed by atoms with Crippen molar-refractivity contribution in [1.29, 1.82) is 0 Å². The van der Waals surface area contributed by atoms with Gasteiger partial charge in [-0.1, -0.05) is 39.6 Å². The molecule has 4 nitrogen and oxygen atoms in total. The zero-order valence-electron chi connectivity index (χ0n) is 7.44. The quantitative estimate of drug-likeness (QED) is 0.845. The lowest BCUT2D eigenvalue weighted by Gasteiger charge is -2.02. The van der Waals surface area contributed by atoms with Crippen molar-refractivity contribution in [3.63, 3.8) is 0 Å². The molecule has 0 fully saturated rings. The second-order valence-electron chi connectivity index (χ2n) is 2.92. The summed E-state index contributed by atoms with van der Waals surface area (Å²) in [5.41, 5.74) is 0.978. The number of H-pyrrole nitrogens is 1. The molecule has 0 aliphatic heterocycles. The molecule has 0 saturated carbocycles. The molecule has 1 aromatic carbocycles. The smallest absolute Gasteiger partial charge is 0.238 e. The number of hydrogen-bond acceptors (Lipinski definition) is 3. The molecule has 15 heavy (non-hydrogen) atoms. The maximum absolute atomic E-state index is 5.89. The molecule has 1 heterocycles. The molecule has 0 aliphatic carbocycles. The van der Waals surface area contributed by atoms with E-state index in [1.165, 1.54) is 0 Å². The average molecular weight is 261 g/mol. The van der Waals surface area contributed by atoms with Crippen LogP contribution >= 0.6 is 35.4 Å². The summed E-state index contributed by atoms with van der Waals surface area (Å²) < 4.78 is 2.04. The molecule has 0 aliphatic rings. The Bertz CT molecular complexity index is 533. The highest BCUT2D eigenvalue weighted by molar-refractivity contribution is 7.71. The van der Waals surface area contributed by atoms with Gasteiger partial charge < -0.3 is 0 Å². The fourth-order valence-corrected chi connectivity index (χ4v) is 1.61. The van der Waals surface area contributed by atoms with Crippen LogP contribution in [0.3, 0.4) is 0 Å². The number of nitrogens with zero attached hydrogens (tertiary/aromatic N) is 3. The van der Waals surface area contributed by atoms with Crippen molar-refractivity contribution < 1.29 is 0 Å². The summed E-state index contributed by atoms with van der Waals surface area (Å²) in [5, 5.41) is 11.0. The predicted molar refractivity (Wildman–Crippen MR) is 60.8 cm³/mol. The largest absolute Gasteiger partial charge is 0.238 e. The number of rotatable bonds is 2. The molecular weight excluding hydrogens is 255 g/mol. The molecule has 0 atom stereocenters. The standard InChI is InChI=1S/C8H6Cl2N4S/c9-6-2-1-5(3-7(6)10)4-14-8(15)11-12-13-14/h1-3H,4H2,(H,11,13,15). The van der Waals surface area contributed by atoms with Crippen LogP contribution in [0.4, 0.5) is 0 Å². The first-order valence-electron chi connectivity index (χ1n) is 4.08. The van der Waals surface area contributed by atoms with Crippen molar-refractivity contribution in [2.24, 2.45) is 0 Å². The number of hydrogen-bond donors (Lipinski definition) is 1. The Morgan fingerprint density at radius 1 is 1.33 bits per heavy atom. The zero-order valence-corrected chi connectivity index (χ0v) is 9.77. The van der Waals surface area contributed by atoms with Gasteiger partial charge in [0.05, 0.1) is 16.6 Å². The second-order valence-corrected chi connectivity index (χ2v) is 4.10. The van der Waals surface area contributed by atoms with E-state index in [0.29, 0.717) is 21.4 Å². The minimum Gasteiger partial charge on any atom is -0.238 e. The van der Waals surface area contributed by atoms with Gasteiger partial charge in [0.1, 0.15) is 0 Å². The average Bonchev–Trinajstić information content (AvgIpc) is 2.59. The van der Waals surface area contributed by atoms with E-state index in [2.05, 4.69) is 15.5 Å². The van der Waals surface area contributed by atoms with Crippen LogP contribution in [0.5, 0.6) is 0 Å². The van der Waals surface area contributed by atoms with Gasteiger partial charge in [-0.15, -0.1) is 0 Å². The van der Waals surface area contributed by atoms with Crippen molar-refractivity contribution in [3.8, 4) is 0 Å². The first kappa shape index (κ1) is 10.6. The van der Waals surface area contributed by atoms with E-state index >= 15 is 0 Å². The third kappa shape index (κ3) is 2.37. The highest BCUT2D eigenvalue weighted by atomic mass is 35.5. The molecular formula is C8H6Cl2N4S. The Morgan fingerprint density at radius 2 is 2.13 bits per heavy atom. The molecule has 2 aromatic rings. The van der Waals surface area contributed by atoms with Crippen LogP contribution in [0.1, 0.15) is 5.56 Å². The van der Waals surface area contributed by atoms with Crippen molar-refractivity contribution in [3.05, 3.63) is 38.6 Å². The molecule has 1 N–H and O–H groups in total. The van der Waals surface area contributed by atoms with E-state index in [0.717, 1.165) is 5.56 Å². The Labute approximate surface area is 101 Å². The maximum atomic E-state index is 5.89. The fraction of sp³-hybridized carbons (Fsp3) is 0.125. The minimum absolute atomic E-state index is 0.404. The lowest BCUT2D eigenvalue weighted by atomic mass is 10.2. The summed E-state index contributed by atoms with van der Waals surface area (Å²) in [7, 11) is 0. The van der Waals surface area contributed by atoms with Crippen LogP contribution in [0.2, 0.25) is 10.0 Å². The molecule has 0 amide bonds. The van der Waals surface area contributed by atoms with E-state index < -0.39 is 0 Å². The van der Waals surface area contributed by atoms with Crippen LogP contribution in [-0.4, -0.2) is 20.2 Å². The Balaban J connectivity index is 2.29. The van der Waals surface area contributed by atoms with Gasteiger partial charge in [0.15, 0.2) is 0 Å². The van der Waals surface area contributed by atoms with Gasteiger partial charge in [-0.3, -0.25) is 0 Å². The van der Waals surface area contributed by atoms with Crippen molar-refractivity contribution in [2.75, 3.05) is 0 Å². The third-order valence-electron chi connectivity index (χ3n) is 1.86. The monoisotopic (exact) mass is 260 g/mol. The summed E-state index contributed by atoms with van der Waals surface area (Å²) in [6.07, 6.45) is 0. The molecule has 7 heteroatoms. The molecule has 78 valence electrons. The maximum Gasteiger partial charge on any atom is 0.238 e. The number of aromatic amines is 1. The molecule has 2 rings (SSSR count). The van der Waals surface area contributed by atoms with E-state index in [1.807, 2.05) is 6.07 Å². The molecule has 0 unspecified atom stereocenters. The number of halogens is 2. The van der Waals surface area contributed by atoms with Crippen molar-refractivity contribution in [2.45, 2.75) is 6.54 Å².